The average molecular weight is 492 g/mol. The number of nitriles is 1. The number of thioether (sulfide) groups is 1. The van der Waals surface area contributed by atoms with Crippen LogP contribution in [-0.2, 0) is 11.3 Å². The predicted molar refractivity (Wildman–Crippen MR) is 143 cm³/mol. The topological polar surface area (TPSA) is 82.2 Å². The molecular formula is C27H33N5O2S. The Morgan fingerprint density at radius 2 is 1.69 bits per heavy atom. The molecule has 0 aliphatic carbocycles. The number of aromatic nitrogens is 2. The van der Waals surface area contributed by atoms with E-state index in [0.29, 0.717) is 47.8 Å². The summed E-state index contributed by atoms with van der Waals surface area (Å²) in [6, 6.07) is 19.5. The number of carbonyl (C=O) groups excluding carboxylic acids is 1. The summed E-state index contributed by atoms with van der Waals surface area (Å²) in [6.07, 6.45) is 0.241. The lowest BCUT2D eigenvalue weighted by molar-refractivity contribution is -0.116. The molecule has 0 atom stereocenters. The Hall–Kier alpha value is -3.15. The number of fused-ring (bicyclic) bond motifs is 1. The lowest BCUT2D eigenvalue weighted by Crippen LogP contribution is -2.40. The van der Waals surface area contributed by atoms with Gasteiger partial charge in [0.05, 0.1) is 29.1 Å². The average Bonchev–Trinajstić information content (AvgIpc) is 2.84. The molecular weight excluding hydrogens is 458 g/mol. The van der Waals surface area contributed by atoms with Crippen LogP contribution in [0.4, 0.5) is 5.69 Å². The normalized spacial score (nSPS) is 11.4. The number of amides is 1. The molecule has 0 unspecified atom stereocenters. The fourth-order valence-electron chi connectivity index (χ4n) is 4.15. The van der Waals surface area contributed by atoms with Crippen molar-refractivity contribution >= 4 is 34.3 Å². The first-order chi connectivity index (χ1) is 16.8. The van der Waals surface area contributed by atoms with Crippen molar-refractivity contribution in [1.29, 1.82) is 5.26 Å². The fraction of sp³-hybridized carbons (Fsp3) is 0.407. The van der Waals surface area contributed by atoms with Gasteiger partial charge in [-0.3, -0.25) is 19.1 Å². The molecule has 0 saturated carbocycles. The zero-order valence-electron chi connectivity index (χ0n) is 20.8. The highest BCUT2D eigenvalue weighted by Crippen LogP contribution is 2.21. The van der Waals surface area contributed by atoms with E-state index in [1.165, 1.54) is 11.8 Å². The van der Waals surface area contributed by atoms with Gasteiger partial charge in [-0.25, -0.2) is 4.98 Å². The summed E-state index contributed by atoms with van der Waals surface area (Å²) in [6.45, 7) is 10.1. The highest BCUT2D eigenvalue weighted by Gasteiger charge is 2.20. The SMILES string of the molecule is CC(C)N(CCn1c(SCC(=O)N(CCC#N)c2ccccc2)nc2ccccc2c1=O)C(C)C. The van der Waals surface area contributed by atoms with Crippen LogP contribution in [0, 0.1) is 11.3 Å². The van der Waals surface area contributed by atoms with Gasteiger partial charge in [-0.05, 0) is 52.0 Å². The van der Waals surface area contributed by atoms with Crippen molar-refractivity contribution in [3.05, 3.63) is 65.0 Å². The standard InChI is InChI=1S/C27H33N5O2S/c1-20(2)30(21(3)4)17-18-32-26(34)23-13-8-9-14-24(23)29-27(32)35-19-25(33)31(16-10-15-28)22-11-6-5-7-12-22/h5-9,11-14,20-21H,10,16-19H2,1-4H3. The molecule has 0 aliphatic heterocycles. The van der Waals surface area contributed by atoms with Crippen molar-refractivity contribution in [3.8, 4) is 6.07 Å². The molecule has 0 spiro atoms. The quantitative estimate of drug-likeness (QED) is 0.289. The van der Waals surface area contributed by atoms with Crippen LogP contribution < -0.4 is 10.5 Å². The van der Waals surface area contributed by atoms with Crippen molar-refractivity contribution < 1.29 is 4.79 Å². The van der Waals surface area contributed by atoms with E-state index in [9.17, 15) is 9.59 Å². The Balaban J connectivity index is 1.89. The number of rotatable bonds is 11. The highest BCUT2D eigenvalue weighted by molar-refractivity contribution is 7.99. The molecule has 0 bridgehead atoms. The number of hydrogen-bond acceptors (Lipinski definition) is 6. The second-order valence-corrected chi connectivity index (χ2v) is 9.81. The molecule has 184 valence electrons. The van der Waals surface area contributed by atoms with Crippen LogP contribution in [0.25, 0.3) is 10.9 Å². The Bertz CT molecular complexity index is 1230. The number of hydrogen-bond donors (Lipinski definition) is 0. The molecule has 0 radical (unpaired) electrons. The van der Waals surface area contributed by atoms with Gasteiger partial charge in [-0.15, -0.1) is 0 Å². The number of para-hydroxylation sites is 2. The number of anilines is 1. The maximum Gasteiger partial charge on any atom is 0.262 e. The maximum absolute atomic E-state index is 13.4. The van der Waals surface area contributed by atoms with E-state index >= 15 is 0 Å². The van der Waals surface area contributed by atoms with Crippen molar-refractivity contribution in [2.75, 3.05) is 23.7 Å². The summed E-state index contributed by atoms with van der Waals surface area (Å²) < 4.78 is 1.69. The lowest BCUT2D eigenvalue weighted by atomic mass is 10.2. The largest absolute Gasteiger partial charge is 0.311 e. The Morgan fingerprint density at radius 1 is 1.03 bits per heavy atom. The second-order valence-electron chi connectivity index (χ2n) is 8.87. The van der Waals surface area contributed by atoms with Gasteiger partial charge >= 0.3 is 0 Å². The van der Waals surface area contributed by atoms with Crippen LogP contribution >= 0.6 is 11.8 Å². The van der Waals surface area contributed by atoms with Gasteiger partial charge in [-0.2, -0.15) is 5.26 Å². The lowest BCUT2D eigenvalue weighted by Gasteiger charge is -2.31. The van der Waals surface area contributed by atoms with Crippen LogP contribution in [0.1, 0.15) is 34.1 Å². The first-order valence-electron chi connectivity index (χ1n) is 11.9. The minimum atomic E-state index is -0.128. The van der Waals surface area contributed by atoms with Crippen molar-refractivity contribution in [3.63, 3.8) is 0 Å². The molecule has 3 rings (SSSR count). The summed E-state index contributed by atoms with van der Waals surface area (Å²) in [5.41, 5.74) is 1.28. The van der Waals surface area contributed by atoms with Gasteiger partial charge < -0.3 is 4.90 Å². The molecule has 1 aromatic heterocycles. The van der Waals surface area contributed by atoms with Crippen molar-refractivity contribution in [2.24, 2.45) is 0 Å². The predicted octanol–water partition coefficient (Wildman–Crippen LogP) is 4.55. The Morgan fingerprint density at radius 3 is 2.34 bits per heavy atom. The summed E-state index contributed by atoms with van der Waals surface area (Å²) in [7, 11) is 0. The minimum Gasteiger partial charge on any atom is -0.311 e. The van der Waals surface area contributed by atoms with Crippen LogP contribution in [-0.4, -0.2) is 51.3 Å². The zero-order valence-corrected chi connectivity index (χ0v) is 21.7. The van der Waals surface area contributed by atoms with E-state index in [1.54, 1.807) is 15.5 Å². The maximum atomic E-state index is 13.4. The van der Waals surface area contributed by atoms with E-state index in [4.69, 9.17) is 10.2 Å². The number of nitrogens with zero attached hydrogens (tertiary/aromatic N) is 5. The Labute approximate surface area is 211 Å². The first-order valence-corrected chi connectivity index (χ1v) is 12.9. The summed E-state index contributed by atoms with van der Waals surface area (Å²) in [4.78, 5) is 35.3. The van der Waals surface area contributed by atoms with Crippen LogP contribution in [0.3, 0.4) is 0 Å². The molecule has 2 aromatic carbocycles. The molecule has 8 heteroatoms. The Kier molecular flexibility index (Phi) is 9.47. The minimum absolute atomic E-state index is 0.0950. The van der Waals surface area contributed by atoms with Gasteiger partial charge in [-0.1, -0.05) is 42.1 Å². The van der Waals surface area contributed by atoms with E-state index in [1.807, 2.05) is 48.5 Å². The van der Waals surface area contributed by atoms with Gasteiger partial charge in [0.1, 0.15) is 0 Å². The van der Waals surface area contributed by atoms with Crippen LogP contribution in [0.2, 0.25) is 0 Å². The molecule has 3 aromatic rings. The highest BCUT2D eigenvalue weighted by atomic mass is 32.2. The molecule has 1 amide bonds. The fourth-order valence-corrected chi connectivity index (χ4v) is 5.06. The third-order valence-corrected chi connectivity index (χ3v) is 6.84. The van der Waals surface area contributed by atoms with Crippen LogP contribution in [0.5, 0.6) is 0 Å². The van der Waals surface area contributed by atoms with Crippen LogP contribution in [0.15, 0.2) is 64.5 Å². The van der Waals surface area contributed by atoms with Gasteiger partial charge in [0.25, 0.3) is 5.56 Å². The van der Waals surface area contributed by atoms with E-state index < -0.39 is 0 Å². The van der Waals surface area contributed by atoms with Gasteiger partial charge in [0.15, 0.2) is 5.16 Å². The summed E-state index contributed by atoms with van der Waals surface area (Å²) in [5, 5.41) is 10.2. The summed E-state index contributed by atoms with van der Waals surface area (Å²) in [5.74, 6) is -0.0141. The molecule has 35 heavy (non-hydrogen) atoms. The monoisotopic (exact) mass is 491 g/mol. The van der Waals surface area contributed by atoms with Gasteiger partial charge in [0, 0.05) is 37.4 Å². The smallest absolute Gasteiger partial charge is 0.262 e. The second kappa shape index (κ2) is 12.5. The molecule has 7 nitrogen and oxygen atoms in total. The van der Waals surface area contributed by atoms with E-state index in [2.05, 4.69) is 38.7 Å². The summed E-state index contributed by atoms with van der Waals surface area (Å²) >= 11 is 1.27. The molecule has 1 heterocycles. The number of carbonyl (C=O) groups is 1. The third kappa shape index (κ3) is 6.71. The van der Waals surface area contributed by atoms with Crippen molar-refractivity contribution in [1.82, 2.24) is 14.5 Å². The molecule has 0 aliphatic rings. The molecule has 0 saturated heterocycles. The zero-order chi connectivity index (χ0) is 25.4. The van der Waals surface area contributed by atoms with Crippen molar-refractivity contribution in [2.45, 2.75) is 57.9 Å². The van der Waals surface area contributed by atoms with E-state index in [0.717, 1.165) is 5.69 Å². The van der Waals surface area contributed by atoms with Gasteiger partial charge in [0.2, 0.25) is 5.91 Å². The molecule has 0 fully saturated rings. The van der Waals surface area contributed by atoms with E-state index in [-0.39, 0.29) is 23.6 Å². The third-order valence-electron chi connectivity index (χ3n) is 5.88. The number of benzene rings is 2. The first kappa shape index (κ1) is 26.5. The molecule has 0 N–H and O–H groups in total.